The van der Waals surface area contributed by atoms with E-state index in [0.717, 1.165) is 31.9 Å². The first kappa shape index (κ1) is 11.4. The maximum absolute atomic E-state index is 4.98. The second kappa shape index (κ2) is 4.53. The van der Waals surface area contributed by atoms with Gasteiger partial charge in [0.25, 0.3) is 0 Å². The molecule has 18 heavy (non-hydrogen) atoms. The van der Waals surface area contributed by atoms with Crippen LogP contribution >= 0.6 is 0 Å². The molecule has 0 bridgehead atoms. The zero-order valence-electron chi connectivity index (χ0n) is 10.7. The van der Waals surface area contributed by atoms with E-state index in [4.69, 9.17) is 4.52 Å². The van der Waals surface area contributed by atoms with Gasteiger partial charge >= 0.3 is 0 Å². The second-order valence-corrected chi connectivity index (χ2v) is 4.90. The molecule has 1 aliphatic heterocycles. The molecule has 0 aromatic carbocycles. The third-order valence-corrected chi connectivity index (χ3v) is 3.29. The normalized spacial score (nSPS) is 20.7. The number of hydrogen-bond donors (Lipinski definition) is 0. The molecule has 0 saturated carbocycles. The van der Waals surface area contributed by atoms with Gasteiger partial charge in [0.1, 0.15) is 0 Å². The van der Waals surface area contributed by atoms with E-state index < -0.39 is 0 Å². The van der Waals surface area contributed by atoms with Crippen LogP contribution in [0.5, 0.6) is 0 Å². The van der Waals surface area contributed by atoms with Crippen LogP contribution in [0.4, 0.5) is 0 Å². The highest BCUT2D eigenvalue weighted by Gasteiger charge is 2.25. The fourth-order valence-electron chi connectivity index (χ4n) is 2.41. The Kier molecular flexibility index (Phi) is 2.87. The van der Waals surface area contributed by atoms with Gasteiger partial charge in [-0.05, 0) is 18.9 Å². The molecule has 1 atom stereocenters. The summed E-state index contributed by atoms with van der Waals surface area (Å²) in [6.45, 7) is 6.69. The fraction of sp³-hybridized carbons (Fsp3) is 0.583. The van der Waals surface area contributed by atoms with Gasteiger partial charge in [-0.15, -0.1) is 0 Å². The molecule has 6 heteroatoms. The highest BCUT2D eigenvalue weighted by molar-refractivity contribution is 5.01. The van der Waals surface area contributed by atoms with E-state index in [0.29, 0.717) is 11.9 Å². The largest absolute Gasteiger partial charge is 0.340 e. The summed E-state index contributed by atoms with van der Waals surface area (Å²) in [5.41, 5.74) is 1.21. The van der Waals surface area contributed by atoms with Gasteiger partial charge in [0.15, 0.2) is 5.82 Å². The predicted molar refractivity (Wildman–Crippen MR) is 64.9 cm³/mol. The van der Waals surface area contributed by atoms with Gasteiger partial charge in [-0.1, -0.05) is 5.16 Å². The fourth-order valence-corrected chi connectivity index (χ4v) is 2.41. The van der Waals surface area contributed by atoms with Crippen LogP contribution in [0.1, 0.15) is 29.7 Å². The molecule has 0 spiro atoms. The number of aryl methyl sites for hydroxylation is 2. The molecule has 1 saturated heterocycles. The summed E-state index contributed by atoms with van der Waals surface area (Å²) in [4.78, 5) is 6.57. The van der Waals surface area contributed by atoms with E-state index in [1.54, 1.807) is 0 Å². The Bertz CT molecular complexity index is 532. The van der Waals surface area contributed by atoms with Gasteiger partial charge in [0.2, 0.25) is 5.89 Å². The summed E-state index contributed by atoms with van der Waals surface area (Å²) in [5, 5.41) is 8.31. The van der Waals surface area contributed by atoms with Gasteiger partial charge in [-0.25, -0.2) is 0 Å². The van der Waals surface area contributed by atoms with Crippen molar-refractivity contribution in [1.29, 1.82) is 0 Å². The van der Waals surface area contributed by atoms with Gasteiger partial charge in [0, 0.05) is 26.2 Å². The Hall–Kier alpha value is -1.69. The van der Waals surface area contributed by atoms with E-state index in [2.05, 4.69) is 37.9 Å². The molecule has 2 aromatic heterocycles. The summed E-state index contributed by atoms with van der Waals surface area (Å²) in [7, 11) is 0. The molecule has 1 aliphatic rings. The highest BCUT2D eigenvalue weighted by Crippen LogP contribution is 2.22. The van der Waals surface area contributed by atoms with Gasteiger partial charge in [-0.3, -0.25) is 9.58 Å². The topological polar surface area (TPSA) is 60.0 Å². The molecular weight excluding hydrogens is 230 g/mol. The van der Waals surface area contributed by atoms with Crippen molar-refractivity contribution in [3.63, 3.8) is 0 Å². The van der Waals surface area contributed by atoms with Crippen molar-refractivity contribution in [2.45, 2.75) is 32.9 Å². The maximum atomic E-state index is 4.98. The number of hydrogen-bond acceptors (Lipinski definition) is 5. The zero-order valence-corrected chi connectivity index (χ0v) is 10.7. The van der Waals surface area contributed by atoms with E-state index in [-0.39, 0.29) is 0 Å². The average molecular weight is 247 g/mol. The molecule has 1 fully saturated rings. The van der Waals surface area contributed by atoms with E-state index in [1.165, 1.54) is 5.56 Å². The SMILES string of the molecule is Cc1cnn(C2CCN(Cc3noc(C)n3)C2)c1. The van der Waals surface area contributed by atoms with Crippen molar-refractivity contribution in [3.05, 3.63) is 29.7 Å². The van der Waals surface area contributed by atoms with Crippen molar-refractivity contribution in [2.24, 2.45) is 0 Å². The Morgan fingerprint density at radius 2 is 2.33 bits per heavy atom. The minimum absolute atomic E-state index is 0.465. The molecule has 0 aliphatic carbocycles. The first-order valence-corrected chi connectivity index (χ1v) is 6.23. The molecule has 3 rings (SSSR count). The van der Waals surface area contributed by atoms with Gasteiger partial charge in [-0.2, -0.15) is 10.1 Å². The van der Waals surface area contributed by atoms with Crippen molar-refractivity contribution in [3.8, 4) is 0 Å². The van der Waals surface area contributed by atoms with Gasteiger partial charge < -0.3 is 4.52 Å². The van der Waals surface area contributed by atoms with E-state index in [9.17, 15) is 0 Å². The van der Waals surface area contributed by atoms with Crippen molar-refractivity contribution >= 4 is 0 Å². The lowest BCUT2D eigenvalue weighted by molar-refractivity contribution is 0.295. The first-order chi connectivity index (χ1) is 8.70. The van der Waals surface area contributed by atoms with Crippen LogP contribution < -0.4 is 0 Å². The van der Waals surface area contributed by atoms with E-state index in [1.807, 2.05) is 13.1 Å². The lowest BCUT2D eigenvalue weighted by atomic mass is 10.3. The molecule has 6 nitrogen and oxygen atoms in total. The van der Waals surface area contributed by atoms with Crippen LogP contribution in [0.3, 0.4) is 0 Å². The minimum Gasteiger partial charge on any atom is -0.340 e. The molecule has 0 amide bonds. The third-order valence-electron chi connectivity index (χ3n) is 3.29. The van der Waals surface area contributed by atoms with Crippen LogP contribution in [0.15, 0.2) is 16.9 Å². The zero-order chi connectivity index (χ0) is 12.5. The maximum Gasteiger partial charge on any atom is 0.223 e. The molecule has 0 radical (unpaired) electrons. The number of rotatable bonds is 3. The molecular formula is C12H17N5O. The Labute approximate surface area is 106 Å². The smallest absolute Gasteiger partial charge is 0.223 e. The van der Waals surface area contributed by atoms with Crippen LogP contribution in [0, 0.1) is 13.8 Å². The first-order valence-electron chi connectivity index (χ1n) is 6.23. The summed E-state index contributed by atoms with van der Waals surface area (Å²) in [6, 6.07) is 0.465. The van der Waals surface area contributed by atoms with Crippen molar-refractivity contribution < 1.29 is 4.52 Å². The second-order valence-electron chi connectivity index (χ2n) is 4.90. The van der Waals surface area contributed by atoms with Crippen molar-refractivity contribution in [2.75, 3.05) is 13.1 Å². The Morgan fingerprint density at radius 1 is 1.44 bits per heavy atom. The third kappa shape index (κ3) is 2.28. The summed E-state index contributed by atoms with van der Waals surface area (Å²) in [5.74, 6) is 1.40. The lowest BCUT2D eigenvalue weighted by Gasteiger charge is -2.13. The van der Waals surface area contributed by atoms with E-state index >= 15 is 0 Å². The predicted octanol–water partition coefficient (Wildman–Crippen LogP) is 1.33. The molecule has 0 N–H and O–H groups in total. The number of likely N-dealkylation sites (tertiary alicyclic amines) is 1. The van der Waals surface area contributed by atoms with Crippen LogP contribution in [0.25, 0.3) is 0 Å². The molecule has 1 unspecified atom stereocenters. The molecule has 2 aromatic rings. The van der Waals surface area contributed by atoms with Crippen LogP contribution in [-0.2, 0) is 6.54 Å². The summed E-state index contributed by atoms with van der Waals surface area (Å²) in [6.07, 6.45) is 5.13. The monoisotopic (exact) mass is 247 g/mol. The summed E-state index contributed by atoms with van der Waals surface area (Å²) >= 11 is 0. The number of aromatic nitrogens is 4. The van der Waals surface area contributed by atoms with Gasteiger partial charge in [0.05, 0.1) is 18.8 Å². The lowest BCUT2D eigenvalue weighted by Crippen LogP contribution is -2.22. The molecule has 3 heterocycles. The van der Waals surface area contributed by atoms with Crippen LogP contribution in [-0.4, -0.2) is 37.9 Å². The van der Waals surface area contributed by atoms with Crippen LogP contribution in [0.2, 0.25) is 0 Å². The Balaban J connectivity index is 1.61. The minimum atomic E-state index is 0.465. The standard InChI is InChI=1S/C12H17N5O/c1-9-5-13-17(6-9)11-3-4-16(7-11)8-12-14-10(2)18-15-12/h5-6,11H,3-4,7-8H2,1-2H3. The Morgan fingerprint density at radius 3 is 3.00 bits per heavy atom. The summed E-state index contributed by atoms with van der Waals surface area (Å²) < 4.78 is 7.05. The highest BCUT2D eigenvalue weighted by atomic mass is 16.5. The quantitative estimate of drug-likeness (QED) is 0.819. The number of nitrogens with zero attached hydrogens (tertiary/aromatic N) is 5. The molecule has 96 valence electrons. The van der Waals surface area contributed by atoms with Crippen molar-refractivity contribution in [1.82, 2.24) is 24.8 Å². The average Bonchev–Trinajstić information content (AvgIpc) is 3.01.